The lowest BCUT2D eigenvalue weighted by Gasteiger charge is -2.09. The molecule has 0 atom stereocenters. The van der Waals surface area contributed by atoms with Crippen molar-refractivity contribution >= 4 is 16.8 Å². The third kappa shape index (κ3) is 1.46. The SMILES string of the molecule is CC(=O)c1ccc2oc3c(c2c1O)CCCC3. The molecule has 0 radical (unpaired) electrons. The van der Waals surface area contributed by atoms with Crippen molar-refractivity contribution in [1.82, 2.24) is 0 Å². The van der Waals surface area contributed by atoms with E-state index in [4.69, 9.17) is 4.42 Å². The lowest BCUT2D eigenvalue weighted by atomic mass is 9.94. The van der Waals surface area contributed by atoms with Gasteiger partial charge in [-0.2, -0.15) is 0 Å². The molecule has 1 aliphatic rings. The number of hydrogen-bond donors (Lipinski definition) is 1. The lowest BCUT2D eigenvalue weighted by molar-refractivity contribution is 0.101. The van der Waals surface area contributed by atoms with Gasteiger partial charge >= 0.3 is 0 Å². The number of carbonyl (C=O) groups is 1. The summed E-state index contributed by atoms with van der Waals surface area (Å²) in [6, 6.07) is 3.42. The molecule has 3 nitrogen and oxygen atoms in total. The average Bonchev–Trinajstić information content (AvgIpc) is 2.67. The lowest BCUT2D eigenvalue weighted by Crippen LogP contribution is -1.99. The highest BCUT2D eigenvalue weighted by Crippen LogP contribution is 2.38. The van der Waals surface area contributed by atoms with Crippen molar-refractivity contribution in [2.24, 2.45) is 0 Å². The van der Waals surface area contributed by atoms with Gasteiger partial charge in [-0.05, 0) is 38.3 Å². The van der Waals surface area contributed by atoms with Crippen LogP contribution >= 0.6 is 0 Å². The van der Waals surface area contributed by atoms with Crippen LogP contribution in [0.5, 0.6) is 5.75 Å². The second-order valence-electron chi connectivity index (χ2n) is 4.60. The molecule has 0 saturated heterocycles. The number of hydrogen-bond acceptors (Lipinski definition) is 3. The van der Waals surface area contributed by atoms with E-state index in [0.29, 0.717) is 11.1 Å². The quantitative estimate of drug-likeness (QED) is 0.765. The van der Waals surface area contributed by atoms with Crippen molar-refractivity contribution in [3.05, 3.63) is 29.0 Å². The van der Waals surface area contributed by atoms with Crippen LogP contribution in [0.25, 0.3) is 11.0 Å². The Morgan fingerprint density at radius 3 is 2.82 bits per heavy atom. The third-order valence-electron chi connectivity index (χ3n) is 3.47. The van der Waals surface area contributed by atoms with E-state index in [1.54, 1.807) is 12.1 Å². The third-order valence-corrected chi connectivity index (χ3v) is 3.47. The Hall–Kier alpha value is -1.77. The molecule has 88 valence electrons. The van der Waals surface area contributed by atoms with E-state index >= 15 is 0 Å². The van der Waals surface area contributed by atoms with Crippen LogP contribution in [0.1, 0.15) is 41.4 Å². The molecular formula is C14H14O3. The number of Topliss-reactive ketones (excluding diaryl/α,β-unsaturated/α-hetero) is 1. The predicted molar refractivity (Wildman–Crippen MR) is 64.5 cm³/mol. The number of carbonyl (C=O) groups excluding carboxylic acids is 1. The Bertz CT molecular complexity index is 607. The Morgan fingerprint density at radius 1 is 1.29 bits per heavy atom. The molecule has 0 aliphatic heterocycles. The van der Waals surface area contributed by atoms with Crippen molar-refractivity contribution in [3.63, 3.8) is 0 Å². The van der Waals surface area contributed by atoms with Crippen LogP contribution in [0.3, 0.4) is 0 Å². The zero-order valence-corrected chi connectivity index (χ0v) is 9.75. The Morgan fingerprint density at radius 2 is 2.06 bits per heavy atom. The second kappa shape index (κ2) is 3.62. The summed E-state index contributed by atoms with van der Waals surface area (Å²) >= 11 is 0. The van der Waals surface area contributed by atoms with Crippen molar-refractivity contribution in [2.45, 2.75) is 32.6 Å². The van der Waals surface area contributed by atoms with Crippen LogP contribution in [-0.2, 0) is 12.8 Å². The molecule has 3 heteroatoms. The maximum atomic E-state index is 11.4. The van der Waals surface area contributed by atoms with Crippen molar-refractivity contribution < 1.29 is 14.3 Å². The number of fused-ring (bicyclic) bond motifs is 3. The molecule has 1 aromatic heterocycles. The molecule has 0 unspecified atom stereocenters. The molecule has 0 saturated carbocycles. The van der Waals surface area contributed by atoms with Gasteiger partial charge in [0.15, 0.2) is 5.78 Å². The molecule has 17 heavy (non-hydrogen) atoms. The van der Waals surface area contributed by atoms with Gasteiger partial charge in [-0.25, -0.2) is 0 Å². The number of aryl methyl sites for hydroxylation is 2. The maximum Gasteiger partial charge on any atom is 0.163 e. The number of benzene rings is 1. The minimum atomic E-state index is -0.116. The smallest absolute Gasteiger partial charge is 0.163 e. The molecule has 1 aromatic carbocycles. The molecule has 1 N–H and O–H groups in total. The summed E-state index contributed by atoms with van der Waals surface area (Å²) in [4.78, 5) is 11.4. The largest absolute Gasteiger partial charge is 0.506 e. The molecular weight excluding hydrogens is 216 g/mol. The highest BCUT2D eigenvalue weighted by molar-refractivity contribution is 6.03. The van der Waals surface area contributed by atoms with Crippen LogP contribution in [0.4, 0.5) is 0 Å². The fourth-order valence-corrected chi connectivity index (χ4v) is 2.62. The molecule has 3 rings (SSSR count). The Balaban J connectivity index is 2.34. The van der Waals surface area contributed by atoms with Crippen LogP contribution in [-0.4, -0.2) is 10.9 Å². The van der Waals surface area contributed by atoms with Crippen LogP contribution < -0.4 is 0 Å². The van der Waals surface area contributed by atoms with Gasteiger partial charge in [-0.3, -0.25) is 4.79 Å². The number of aromatic hydroxyl groups is 1. The summed E-state index contributed by atoms with van der Waals surface area (Å²) in [6.07, 6.45) is 4.11. The Kier molecular flexibility index (Phi) is 2.21. The summed E-state index contributed by atoms with van der Waals surface area (Å²) in [5, 5.41) is 10.9. The Labute approximate surface area is 99.0 Å². The van der Waals surface area contributed by atoms with Crippen molar-refractivity contribution in [3.8, 4) is 5.75 Å². The van der Waals surface area contributed by atoms with Gasteiger partial charge in [-0.1, -0.05) is 0 Å². The molecule has 1 heterocycles. The van der Waals surface area contributed by atoms with E-state index in [1.165, 1.54) is 6.92 Å². The van der Waals surface area contributed by atoms with Crippen LogP contribution in [0.2, 0.25) is 0 Å². The van der Waals surface area contributed by atoms with E-state index in [1.807, 2.05) is 0 Å². The van der Waals surface area contributed by atoms with Gasteiger partial charge in [0.05, 0.1) is 10.9 Å². The summed E-state index contributed by atoms with van der Waals surface area (Å²) in [5.41, 5.74) is 2.16. The highest BCUT2D eigenvalue weighted by Gasteiger charge is 2.22. The molecule has 0 bridgehead atoms. The number of rotatable bonds is 1. The van der Waals surface area contributed by atoms with Gasteiger partial charge < -0.3 is 9.52 Å². The van der Waals surface area contributed by atoms with Gasteiger partial charge in [0, 0.05) is 12.0 Å². The van der Waals surface area contributed by atoms with Crippen molar-refractivity contribution in [2.75, 3.05) is 0 Å². The van der Waals surface area contributed by atoms with E-state index in [2.05, 4.69) is 0 Å². The van der Waals surface area contributed by atoms with Gasteiger partial charge in [0.25, 0.3) is 0 Å². The standard InChI is InChI=1S/C14H14O3/c1-8(15)9-6-7-12-13(14(9)16)10-4-2-3-5-11(10)17-12/h6-7,16H,2-5H2,1H3. The highest BCUT2D eigenvalue weighted by atomic mass is 16.3. The first kappa shape index (κ1) is 10.4. The first-order chi connectivity index (χ1) is 8.18. The first-order valence-electron chi connectivity index (χ1n) is 5.95. The summed E-state index contributed by atoms with van der Waals surface area (Å²) in [6.45, 7) is 1.47. The second-order valence-corrected chi connectivity index (χ2v) is 4.60. The number of ketones is 1. The monoisotopic (exact) mass is 230 g/mol. The van der Waals surface area contributed by atoms with Crippen LogP contribution in [0.15, 0.2) is 16.5 Å². The van der Waals surface area contributed by atoms with E-state index < -0.39 is 0 Å². The fourth-order valence-electron chi connectivity index (χ4n) is 2.62. The zero-order valence-electron chi connectivity index (χ0n) is 9.75. The predicted octanol–water partition coefficient (Wildman–Crippen LogP) is 3.22. The summed E-state index contributed by atoms with van der Waals surface area (Å²) in [5.74, 6) is 0.944. The fraction of sp³-hybridized carbons (Fsp3) is 0.357. The summed E-state index contributed by atoms with van der Waals surface area (Å²) in [7, 11) is 0. The first-order valence-corrected chi connectivity index (χ1v) is 5.95. The summed E-state index contributed by atoms with van der Waals surface area (Å²) < 4.78 is 5.73. The molecule has 2 aromatic rings. The van der Waals surface area contributed by atoms with Crippen LogP contribution in [0, 0.1) is 0 Å². The van der Waals surface area contributed by atoms with Crippen molar-refractivity contribution in [1.29, 1.82) is 0 Å². The topological polar surface area (TPSA) is 50.4 Å². The van der Waals surface area contributed by atoms with Gasteiger partial charge in [0.1, 0.15) is 17.1 Å². The molecule has 0 spiro atoms. The minimum Gasteiger partial charge on any atom is -0.506 e. The average molecular weight is 230 g/mol. The number of phenolic OH excluding ortho intramolecular Hbond substituents is 1. The molecule has 0 fully saturated rings. The number of furan rings is 1. The van der Waals surface area contributed by atoms with E-state index in [0.717, 1.165) is 42.4 Å². The number of phenols is 1. The molecule has 1 aliphatic carbocycles. The van der Waals surface area contributed by atoms with E-state index in [-0.39, 0.29) is 11.5 Å². The molecule has 0 amide bonds. The van der Waals surface area contributed by atoms with Gasteiger partial charge in [-0.15, -0.1) is 0 Å². The zero-order chi connectivity index (χ0) is 12.0. The normalized spacial score (nSPS) is 14.9. The maximum absolute atomic E-state index is 11.4. The van der Waals surface area contributed by atoms with Gasteiger partial charge in [0.2, 0.25) is 0 Å². The van der Waals surface area contributed by atoms with E-state index in [9.17, 15) is 9.90 Å². The minimum absolute atomic E-state index is 0.0851.